The van der Waals surface area contributed by atoms with Crippen molar-refractivity contribution < 1.29 is 4.43 Å². The molecule has 15 heavy (non-hydrogen) atoms. The molecule has 1 rings (SSSR count). The van der Waals surface area contributed by atoms with E-state index in [0.717, 1.165) is 17.8 Å². The molecular formula is C12H25BrOSi. The third kappa shape index (κ3) is 4.57. The molecule has 1 aliphatic rings. The highest BCUT2D eigenvalue weighted by molar-refractivity contribution is 9.25. The van der Waals surface area contributed by atoms with Crippen LogP contribution in [0, 0.1) is 17.8 Å². The van der Waals surface area contributed by atoms with Crippen molar-refractivity contribution in [3.05, 3.63) is 0 Å². The van der Waals surface area contributed by atoms with Gasteiger partial charge in [0.1, 0.15) is 0 Å². The second-order valence-electron chi connectivity index (χ2n) is 5.85. The predicted octanol–water partition coefficient (Wildman–Crippen LogP) is 4.56. The minimum absolute atomic E-state index is 0.495. The molecule has 0 aromatic rings. The summed E-state index contributed by atoms with van der Waals surface area (Å²) in [6.45, 7) is 9.93. The molecule has 0 amide bonds. The van der Waals surface area contributed by atoms with E-state index in [4.69, 9.17) is 4.43 Å². The molecule has 1 saturated carbocycles. The summed E-state index contributed by atoms with van der Waals surface area (Å²) in [5, 5.41) is 0. The molecule has 3 atom stereocenters. The summed E-state index contributed by atoms with van der Waals surface area (Å²) in [6.07, 6.45) is 4.48. The van der Waals surface area contributed by atoms with Gasteiger partial charge in [0.15, 0.2) is 0 Å². The van der Waals surface area contributed by atoms with E-state index in [1.165, 1.54) is 19.3 Å². The van der Waals surface area contributed by atoms with Gasteiger partial charge >= 0.3 is 0 Å². The van der Waals surface area contributed by atoms with Crippen LogP contribution in [-0.2, 0) is 4.43 Å². The standard InChI is InChI=1S/C12H25BrOSi/c1-9(2)11-7-6-10(3)8-12(11)14-15(4,5)13/h9-12H,6-8H2,1-5H3/t10-,11+,12-/m1/s1. The monoisotopic (exact) mass is 292 g/mol. The van der Waals surface area contributed by atoms with E-state index in [1.54, 1.807) is 0 Å². The first-order chi connectivity index (χ1) is 6.79. The summed E-state index contributed by atoms with van der Waals surface area (Å²) in [4.78, 5) is 0. The first kappa shape index (κ1) is 13.7. The first-order valence-corrected chi connectivity index (χ1v) is 11.3. The maximum atomic E-state index is 6.28. The van der Waals surface area contributed by atoms with Gasteiger partial charge in [0.2, 0.25) is 0 Å². The Balaban J connectivity index is 2.62. The molecule has 0 N–H and O–H groups in total. The zero-order chi connectivity index (χ0) is 11.6. The predicted molar refractivity (Wildman–Crippen MR) is 72.6 cm³/mol. The Kier molecular flexibility index (Phi) is 4.87. The molecule has 1 fully saturated rings. The Hall–Kier alpha value is 0.657. The minimum atomic E-state index is -1.55. The molecule has 0 spiro atoms. The summed E-state index contributed by atoms with van der Waals surface area (Å²) in [6, 6.07) is 0. The van der Waals surface area contributed by atoms with Crippen LogP contribution in [0.2, 0.25) is 13.1 Å². The van der Waals surface area contributed by atoms with E-state index < -0.39 is 6.94 Å². The van der Waals surface area contributed by atoms with Gasteiger partial charge in [-0.3, -0.25) is 0 Å². The third-order valence-electron chi connectivity index (χ3n) is 3.39. The fourth-order valence-corrected chi connectivity index (χ4v) is 4.32. The lowest BCUT2D eigenvalue weighted by atomic mass is 9.75. The van der Waals surface area contributed by atoms with Crippen LogP contribution in [0.5, 0.6) is 0 Å². The van der Waals surface area contributed by atoms with Crippen LogP contribution in [0.15, 0.2) is 0 Å². The fourth-order valence-electron chi connectivity index (χ4n) is 2.61. The Morgan fingerprint density at radius 3 is 2.33 bits per heavy atom. The molecule has 1 nitrogen and oxygen atoms in total. The van der Waals surface area contributed by atoms with Crippen LogP contribution in [0.1, 0.15) is 40.0 Å². The van der Waals surface area contributed by atoms with Gasteiger partial charge in [-0.15, -0.1) is 0 Å². The van der Waals surface area contributed by atoms with Crippen LogP contribution >= 0.6 is 15.3 Å². The Bertz CT molecular complexity index is 200. The molecule has 0 radical (unpaired) electrons. The lowest BCUT2D eigenvalue weighted by Gasteiger charge is -2.39. The maximum Gasteiger partial charge on any atom is 0.257 e. The van der Waals surface area contributed by atoms with Gasteiger partial charge < -0.3 is 4.43 Å². The van der Waals surface area contributed by atoms with Crippen LogP contribution in [0.3, 0.4) is 0 Å². The molecule has 90 valence electrons. The van der Waals surface area contributed by atoms with E-state index in [1.807, 2.05) is 0 Å². The van der Waals surface area contributed by atoms with Crippen molar-refractivity contribution in [1.82, 2.24) is 0 Å². The van der Waals surface area contributed by atoms with E-state index in [0.29, 0.717) is 6.10 Å². The molecule has 0 unspecified atom stereocenters. The van der Waals surface area contributed by atoms with Crippen molar-refractivity contribution in [1.29, 1.82) is 0 Å². The SMILES string of the molecule is CC(C)[C@@H]1CC[C@@H](C)C[C@H]1O[Si](C)(C)Br. The Morgan fingerprint density at radius 1 is 1.27 bits per heavy atom. The summed E-state index contributed by atoms with van der Waals surface area (Å²) in [5.41, 5.74) is 0. The molecule has 0 bridgehead atoms. The number of hydrogen-bond acceptors (Lipinski definition) is 1. The van der Waals surface area contributed by atoms with Crippen molar-refractivity contribution >= 4 is 22.2 Å². The van der Waals surface area contributed by atoms with Crippen LogP contribution in [-0.4, -0.2) is 13.0 Å². The molecule has 3 heteroatoms. The van der Waals surface area contributed by atoms with Crippen LogP contribution in [0.25, 0.3) is 0 Å². The molecule has 0 saturated heterocycles. The second kappa shape index (κ2) is 5.33. The van der Waals surface area contributed by atoms with Gasteiger partial charge in [0.25, 0.3) is 6.94 Å². The van der Waals surface area contributed by atoms with Gasteiger partial charge in [0.05, 0.1) is 0 Å². The number of halogens is 1. The first-order valence-electron chi connectivity index (χ1n) is 6.16. The highest BCUT2D eigenvalue weighted by Gasteiger charge is 2.34. The van der Waals surface area contributed by atoms with Crippen molar-refractivity contribution in [2.24, 2.45) is 17.8 Å². The van der Waals surface area contributed by atoms with Crippen molar-refractivity contribution in [3.8, 4) is 0 Å². The van der Waals surface area contributed by atoms with Crippen molar-refractivity contribution in [3.63, 3.8) is 0 Å². The largest absolute Gasteiger partial charge is 0.404 e. The summed E-state index contributed by atoms with van der Waals surface area (Å²) >= 11 is 3.73. The highest BCUT2D eigenvalue weighted by Crippen LogP contribution is 2.37. The van der Waals surface area contributed by atoms with Crippen LogP contribution < -0.4 is 0 Å². The van der Waals surface area contributed by atoms with Gasteiger partial charge in [-0.25, -0.2) is 0 Å². The van der Waals surface area contributed by atoms with E-state index >= 15 is 0 Å². The molecule has 0 aromatic carbocycles. The lowest BCUT2D eigenvalue weighted by Crippen LogP contribution is -2.40. The summed E-state index contributed by atoms with van der Waals surface area (Å²) in [7, 11) is 0. The van der Waals surface area contributed by atoms with E-state index in [9.17, 15) is 0 Å². The zero-order valence-corrected chi connectivity index (χ0v) is 13.3. The molecule has 0 heterocycles. The third-order valence-corrected chi connectivity index (χ3v) is 4.82. The molecule has 0 aliphatic heterocycles. The zero-order valence-electron chi connectivity index (χ0n) is 10.7. The van der Waals surface area contributed by atoms with Gasteiger partial charge in [-0.1, -0.05) is 42.5 Å². The summed E-state index contributed by atoms with van der Waals surface area (Å²) in [5.74, 6) is 2.37. The minimum Gasteiger partial charge on any atom is -0.404 e. The van der Waals surface area contributed by atoms with Gasteiger partial charge in [-0.2, -0.15) is 0 Å². The second-order valence-corrected chi connectivity index (χ2v) is 14.5. The van der Waals surface area contributed by atoms with Gasteiger partial charge in [-0.05, 0) is 43.7 Å². The lowest BCUT2D eigenvalue weighted by molar-refractivity contribution is 0.0439. The van der Waals surface area contributed by atoms with Crippen molar-refractivity contribution in [2.45, 2.75) is 59.2 Å². The molecule has 1 aliphatic carbocycles. The Labute approximate surface area is 104 Å². The van der Waals surface area contributed by atoms with Crippen molar-refractivity contribution in [2.75, 3.05) is 0 Å². The van der Waals surface area contributed by atoms with E-state index in [-0.39, 0.29) is 0 Å². The fraction of sp³-hybridized carbons (Fsp3) is 1.00. The summed E-state index contributed by atoms with van der Waals surface area (Å²) < 4.78 is 6.28. The smallest absolute Gasteiger partial charge is 0.257 e. The number of hydrogen-bond donors (Lipinski definition) is 0. The highest BCUT2D eigenvalue weighted by atomic mass is 79.9. The van der Waals surface area contributed by atoms with E-state index in [2.05, 4.69) is 49.2 Å². The molecular weight excluding hydrogens is 268 g/mol. The maximum absolute atomic E-state index is 6.28. The average molecular weight is 293 g/mol. The topological polar surface area (TPSA) is 9.23 Å². The van der Waals surface area contributed by atoms with Gasteiger partial charge in [0, 0.05) is 6.10 Å². The average Bonchev–Trinajstić information content (AvgIpc) is 1.99. The quantitative estimate of drug-likeness (QED) is 0.547. The molecule has 0 aromatic heterocycles. The normalized spacial score (nSPS) is 33.4. The van der Waals surface area contributed by atoms with Crippen LogP contribution in [0.4, 0.5) is 0 Å². The number of rotatable bonds is 3. The Morgan fingerprint density at radius 2 is 1.87 bits per heavy atom.